The Morgan fingerprint density at radius 1 is 1.14 bits per heavy atom. The Morgan fingerprint density at radius 2 is 1.76 bits per heavy atom. The highest BCUT2D eigenvalue weighted by molar-refractivity contribution is 5.81. The van der Waals surface area contributed by atoms with Crippen LogP contribution < -0.4 is 10.1 Å². The predicted molar refractivity (Wildman–Crippen MR) is 79.8 cm³/mol. The highest BCUT2D eigenvalue weighted by Gasteiger charge is 2.49. The van der Waals surface area contributed by atoms with E-state index in [9.17, 15) is 4.79 Å². The summed E-state index contributed by atoms with van der Waals surface area (Å²) in [5.74, 6) is 2.60. The van der Waals surface area contributed by atoms with Gasteiger partial charge in [0.25, 0.3) is 0 Å². The van der Waals surface area contributed by atoms with Gasteiger partial charge in [-0.3, -0.25) is 10.1 Å². The largest absolute Gasteiger partial charge is 0.497 e. The van der Waals surface area contributed by atoms with Crippen LogP contribution in [0.5, 0.6) is 5.75 Å². The molecule has 112 valence electrons. The van der Waals surface area contributed by atoms with Crippen molar-refractivity contribution in [2.75, 3.05) is 13.7 Å². The molecule has 4 heteroatoms. The van der Waals surface area contributed by atoms with E-state index in [4.69, 9.17) is 4.74 Å². The fraction of sp³-hybridized carbons (Fsp3) is 0.588. The quantitative estimate of drug-likeness (QED) is 0.903. The minimum atomic E-state index is 0.0367. The highest BCUT2D eigenvalue weighted by atomic mass is 16.5. The molecule has 3 aliphatic rings. The van der Waals surface area contributed by atoms with Gasteiger partial charge in [0.05, 0.1) is 13.7 Å². The van der Waals surface area contributed by atoms with Crippen LogP contribution in [-0.4, -0.2) is 30.5 Å². The first-order valence-corrected chi connectivity index (χ1v) is 7.96. The van der Waals surface area contributed by atoms with Crippen LogP contribution in [0.15, 0.2) is 24.3 Å². The summed E-state index contributed by atoms with van der Waals surface area (Å²) >= 11 is 0. The van der Waals surface area contributed by atoms with Gasteiger partial charge in [-0.15, -0.1) is 0 Å². The van der Waals surface area contributed by atoms with E-state index in [1.54, 1.807) is 7.11 Å². The zero-order chi connectivity index (χ0) is 14.4. The van der Waals surface area contributed by atoms with Gasteiger partial charge in [0, 0.05) is 6.04 Å². The second-order valence-electron chi connectivity index (χ2n) is 6.52. The van der Waals surface area contributed by atoms with Crippen molar-refractivity contribution >= 4 is 5.91 Å². The first-order chi connectivity index (χ1) is 10.3. The molecule has 1 unspecified atom stereocenters. The molecule has 1 N–H and O–H groups in total. The SMILES string of the molecule is COc1ccc(C2NCC(=O)N2C(C2CC2)C2CC2)cc1. The Balaban J connectivity index is 1.61. The fourth-order valence-electron chi connectivity index (χ4n) is 3.64. The lowest BCUT2D eigenvalue weighted by Gasteiger charge is -2.33. The molecular weight excluding hydrogens is 264 g/mol. The maximum Gasteiger partial charge on any atom is 0.238 e. The van der Waals surface area contributed by atoms with Crippen LogP contribution in [0, 0.1) is 11.8 Å². The fourth-order valence-corrected chi connectivity index (χ4v) is 3.64. The molecule has 4 nitrogen and oxygen atoms in total. The third kappa shape index (κ3) is 2.42. The molecule has 1 aromatic carbocycles. The van der Waals surface area contributed by atoms with Gasteiger partial charge in [0.15, 0.2) is 0 Å². The lowest BCUT2D eigenvalue weighted by Crippen LogP contribution is -2.42. The number of rotatable bonds is 5. The van der Waals surface area contributed by atoms with E-state index in [1.165, 1.54) is 25.7 Å². The van der Waals surface area contributed by atoms with Crippen molar-refractivity contribution in [3.63, 3.8) is 0 Å². The molecule has 21 heavy (non-hydrogen) atoms. The van der Waals surface area contributed by atoms with Crippen LogP contribution in [0.4, 0.5) is 0 Å². The summed E-state index contributed by atoms with van der Waals surface area (Å²) in [5, 5.41) is 3.39. The summed E-state index contributed by atoms with van der Waals surface area (Å²) in [6, 6.07) is 8.54. The summed E-state index contributed by atoms with van der Waals surface area (Å²) in [5.41, 5.74) is 1.16. The molecule has 1 aliphatic heterocycles. The number of benzene rings is 1. The Bertz CT molecular complexity index is 522. The minimum absolute atomic E-state index is 0.0367. The van der Waals surface area contributed by atoms with Crippen molar-refractivity contribution in [3.05, 3.63) is 29.8 Å². The van der Waals surface area contributed by atoms with Crippen LogP contribution in [0.1, 0.15) is 37.4 Å². The molecule has 3 fully saturated rings. The Morgan fingerprint density at radius 3 is 2.29 bits per heavy atom. The maximum absolute atomic E-state index is 12.4. The van der Waals surface area contributed by atoms with Gasteiger partial charge >= 0.3 is 0 Å². The van der Waals surface area contributed by atoms with Crippen LogP contribution in [-0.2, 0) is 4.79 Å². The summed E-state index contributed by atoms with van der Waals surface area (Å²) < 4.78 is 5.22. The van der Waals surface area contributed by atoms with Crippen molar-refractivity contribution < 1.29 is 9.53 Å². The van der Waals surface area contributed by atoms with E-state index < -0.39 is 0 Å². The van der Waals surface area contributed by atoms with Gasteiger partial charge in [-0.25, -0.2) is 0 Å². The molecule has 4 rings (SSSR count). The molecule has 1 saturated heterocycles. The van der Waals surface area contributed by atoms with Crippen molar-refractivity contribution in [2.45, 2.75) is 37.9 Å². The van der Waals surface area contributed by atoms with Crippen LogP contribution in [0.2, 0.25) is 0 Å². The first kappa shape index (κ1) is 13.1. The Kier molecular flexibility index (Phi) is 3.14. The Labute approximate surface area is 125 Å². The lowest BCUT2D eigenvalue weighted by atomic mass is 10.0. The number of methoxy groups -OCH3 is 1. The normalized spacial score (nSPS) is 25.7. The highest BCUT2D eigenvalue weighted by Crippen LogP contribution is 2.49. The monoisotopic (exact) mass is 286 g/mol. The molecule has 1 atom stereocenters. The molecule has 2 saturated carbocycles. The molecule has 0 spiro atoms. The predicted octanol–water partition coefficient (Wildman–Crippen LogP) is 2.31. The summed E-state index contributed by atoms with van der Waals surface area (Å²) in [7, 11) is 1.68. The van der Waals surface area contributed by atoms with Crippen molar-refractivity contribution in [3.8, 4) is 5.75 Å². The molecule has 0 aromatic heterocycles. The zero-order valence-corrected chi connectivity index (χ0v) is 12.4. The molecule has 0 bridgehead atoms. The second-order valence-corrected chi connectivity index (χ2v) is 6.52. The van der Waals surface area contributed by atoms with E-state index in [-0.39, 0.29) is 12.1 Å². The number of carbonyl (C=O) groups excluding carboxylic acids is 1. The Hall–Kier alpha value is -1.55. The van der Waals surface area contributed by atoms with Crippen molar-refractivity contribution in [1.29, 1.82) is 0 Å². The minimum Gasteiger partial charge on any atom is -0.497 e. The average molecular weight is 286 g/mol. The third-order valence-electron chi connectivity index (χ3n) is 4.98. The number of hydrogen-bond acceptors (Lipinski definition) is 3. The topological polar surface area (TPSA) is 41.6 Å². The van der Waals surface area contributed by atoms with E-state index >= 15 is 0 Å². The summed E-state index contributed by atoms with van der Waals surface area (Å²) in [6.07, 6.45) is 5.20. The molecule has 1 heterocycles. The molecular formula is C17H22N2O2. The molecule has 2 aliphatic carbocycles. The lowest BCUT2D eigenvalue weighted by molar-refractivity contribution is -0.131. The number of nitrogens with one attached hydrogen (secondary N) is 1. The van der Waals surface area contributed by atoms with Gasteiger partial charge in [-0.05, 0) is 55.2 Å². The maximum atomic E-state index is 12.4. The van der Waals surface area contributed by atoms with Gasteiger partial charge in [-0.2, -0.15) is 0 Å². The number of hydrogen-bond donors (Lipinski definition) is 1. The van der Waals surface area contributed by atoms with Crippen LogP contribution in [0.25, 0.3) is 0 Å². The van der Waals surface area contributed by atoms with Crippen LogP contribution >= 0.6 is 0 Å². The first-order valence-electron chi connectivity index (χ1n) is 7.96. The summed E-state index contributed by atoms with van der Waals surface area (Å²) in [4.78, 5) is 14.6. The van der Waals surface area contributed by atoms with E-state index in [1.807, 2.05) is 12.1 Å². The third-order valence-corrected chi connectivity index (χ3v) is 4.98. The molecule has 1 aromatic rings. The number of nitrogens with zero attached hydrogens (tertiary/aromatic N) is 1. The van der Waals surface area contributed by atoms with Gasteiger partial charge in [-0.1, -0.05) is 12.1 Å². The van der Waals surface area contributed by atoms with Crippen molar-refractivity contribution in [1.82, 2.24) is 10.2 Å². The zero-order valence-electron chi connectivity index (χ0n) is 12.4. The van der Waals surface area contributed by atoms with E-state index in [0.717, 1.165) is 23.1 Å². The smallest absolute Gasteiger partial charge is 0.238 e. The second kappa shape index (κ2) is 5.02. The number of amides is 1. The molecule has 1 amide bonds. The van der Waals surface area contributed by atoms with Crippen molar-refractivity contribution in [2.24, 2.45) is 11.8 Å². The van der Waals surface area contributed by atoms with Gasteiger partial charge in [0.1, 0.15) is 11.9 Å². The summed E-state index contributed by atoms with van der Waals surface area (Å²) in [6.45, 7) is 0.465. The average Bonchev–Trinajstić information content (AvgIpc) is 3.41. The number of carbonyl (C=O) groups is 1. The van der Waals surface area contributed by atoms with E-state index in [2.05, 4.69) is 22.3 Å². The molecule has 0 radical (unpaired) electrons. The van der Waals surface area contributed by atoms with Gasteiger partial charge in [0.2, 0.25) is 5.91 Å². The standard InChI is InChI=1S/C17H22N2O2/c1-21-14-8-6-13(7-9-14)17-18-10-15(20)19(17)16(11-2-3-11)12-4-5-12/h6-9,11-12,16-18H,2-5,10H2,1H3. The van der Waals surface area contributed by atoms with E-state index in [0.29, 0.717) is 12.6 Å². The van der Waals surface area contributed by atoms with Gasteiger partial charge < -0.3 is 9.64 Å². The number of ether oxygens (including phenoxy) is 1. The van der Waals surface area contributed by atoms with Crippen LogP contribution in [0.3, 0.4) is 0 Å².